The Morgan fingerprint density at radius 3 is 2.50 bits per heavy atom. The molecule has 4 aromatic rings. The third-order valence-corrected chi connectivity index (χ3v) is 4.36. The van der Waals surface area contributed by atoms with E-state index in [1.54, 1.807) is 6.20 Å². The highest BCUT2D eigenvalue weighted by atomic mass is 16.5. The molecule has 0 radical (unpaired) electrons. The number of aromatic nitrogens is 3. The number of hydrogen-bond donors (Lipinski definition) is 2. The lowest BCUT2D eigenvalue weighted by Crippen LogP contribution is -2.04. The number of H-pyrrole nitrogens is 2. The monoisotopic (exact) mass is 383 g/mol. The topological polar surface area (TPSA) is 89.2 Å². The van der Waals surface area contributed by atoms with Crippen LogP contribution in [0.4, 0.5) is 0 Å². The Balaban J connectivity index is 1.75. The van der Waals surface area contributed by atoms with Gasteiger partial charge in [0.25, 0.3) is 0 Å². The molecule has 0 saturated heterocycles. The molecule has 0 amide bonds. The zero-order valence-corrected chi connectivity index (χ0v) is 14.7. The summed E-state index contributed by atoms with van der Waals surface area (Å²) in [6.07, 6.45) is 3.16. The molecule has 0 atom stereocenters. The molecule has 2 heterocycles. The van der Waals surface area contributed by atoms with E-state index in [0.29, 0.717) is 5.82 Å². The Kier molecular flexibility index (Phi) is 3.01. The molecule has 2 aromatic heterocycles. The molecule has 4 rings (SSSR count). The summed E-state index contributed by atoms with van der Waals surface area (Å²) in [5, 5.41) is 0.905. The van der Waals surface area contributed by atoms with Crippen LogP contribution in [0.3, 0.4) is 0 Å². The molecule has 0 fully saturated rings. The molecule has 28 heavy (non-hydrogen) atoms. The van der Waals surface area contributed by atoms with Crippen LogP contribution in [0.25, 0.3) is 22.3 Å². The van der Waals surface area contributed by atoms with Crippen LogP contribution in [0.1, 0.15) is 24.3 Å². The van der Waals surface area contributed by atoms with Crippen molar-refractivity contribution in [1.29, 1.82) is 0 Å². The lowest BCUT2D eigenvalue weighted by atomic mass is 10.1. The molecule has 0 aliphatic rings. The van der Waals surface area contributed by atoms with Crippen molar-refractivity contribution < 1.29 is 27.2 Å². The molecule has 2 aromatic carbocycles. The maximum atomic E-state index is 13.2. The number of ketones is 1. The third kappa shape index (κ3) is 2.87. The molecule has 7 heteroatoms. The van der Waals surface area contributed by atoms with Gasteiger partial charge < -0.3 is 24.2 Å². The molecule has 0 saturated carbocycles. The Morgan fingerprint density at radius 1 is 1.04 bits per heavy atom. The fourth-order valence-corrected chi connectivity index (χ4v) is 3.05. The Morgan fingerprint density at radius 2 is 1.79 bits per heavy atom. The van der Waals surface area contributed by atoms with Crippen LogP contribution in [0.15, 0.2) is 48.8 Å². The molecule has 0 aliphatic heterocycles. The van der Waals surface area contributed by atoms with Crippen molar-refractivity contribution in [2.75, 3.05) is 21.2 Å². The standard InChI is InChI=1S/C21H19N3O4/c1-26-17-8-12(9-18(27-2)20(17)28-3)19(25)16-11-23-21(24-16)14-10-22-15-7-5-4-6-13(14)15/h4-11,22H,1-3H3,(H,23,24)/i1D3,2D3. The van der Waals surface area contributed by atoms with Gasteiger partial charge in [0.05, 0.1) is 29.4 Å². The molecular weight excluding hydrogens is 358 g/mol. The van der Waals surface area contributed by atoms with Gasteiger partial charge in [-0.05, 0) is 18.2 Å². The molecule has 0 aliphatic carbocycles. The maximum absolute atomic E-state index is 13.2. The van der Waals surface area contributed by atoms with E-state index in [1.807, 2.05) is 24.3 Å². The van der Waals surface area contributed by atoms with Crippen LogP contribution in [-0.4, -0.2) is 41.9 Å². The van der Waals surface area contributed by atoms with Crippen molar-refractivity contribution in [2.24, 2.45) is 0 Å². The predicted octanol–water partition coefficient (Wildman–Crippen LogP) is 3.81. The van der Waals surface area contributed by atoms with Gasteiger partial charge in [0.1, 0.15) is 11.5 Å². The zero-order chi connectivity index (χ0) is 24.7. The van der Waals surface area contributed by atoms with Gasteiger partial charge in [-0.1, -0.05) is 18.2 Å². The lowest BCUT2D eigenvalue weighted by Gasteiger charge is -2.13. The zero-order valence-electron chi connectivity index (χ0n) is 20.7. The molecular formula is C21H19N3O4. The summed E-state index contributed by atoms with van der Waals surface area (Å²) in [6, 6.07) is 9.86. The van der Waals surface area contributed by atoms with Crippen molar-refractivity contribution in [3.63, 3.8) is 0 Å². The number of para-hydroxylation sites is 1. The van der Waals surface area contributed by atoms with Crippen molar-refractivity contribution in [2.45, 2.75) is 0 Å². The Labute approximate surface area is 169 Å². The summed E-state index contributed by atoms with van der Waals surface area (Å²) in [5.74, 6) is -1.20. The van der Waals surface area contributed by atoms with Gasteiger partial charge >= 0.3 is 0 Å². The smallest absolute Gasteiger partial charge is 0.213 e. The Bertz CT molecular complexity index is 1320. The minimum atomic E-state index is -2.89. The molecule has 0 spiro atoms. The minimum Gasteiger partial charge on any atom is -0.493 e. The fraction of sp³-hybridized carbons (Fsp3) is 0.143. The number of ether oxygens (including phenoxy) is 3. The summed E-state index contributed by atoms with van der Waals surface area (Å²) < 4.78 is 59.3. The van der Waals surface area contributed by atoms with Gasteiger partial charge in [0, 0.05) is 34.4 Å². The molecule has 0 unspecified atom stereocenters. The number of rotatable bonds is 6. The van der Waals surface area contributed by atoms with Crippen molar-refractivity contribution in [3.8, 4) is 28.6 Å². The van der Waals surface area contributed by atoms with Crippen LogP contribution in [-0.2, 0) is 0 Å². The van der Waals surface area contributed by atoms with Gasteiger partial charge in [-0.15, -0.1) is 0 Å². The second-order valence-corrected chi connectivity index (χ2v) is 5.92. The summed E-state index contributed by atoms with van der Waals surface area (Å²) in [7, 11) is -4.58. The summed E-state index contributed by atoms with van der Waals surface area (Å²) in [4.78, 5) is 23.7. The van der Waals surface area contributed by atoms with E-state index < -0.39 is 19.9 Å². The number of benzene rings is 2. The number of nitrogens with zero attached hydrogens (tertiary/aromatic N) is 1. The van der Waals surface area contributed by atoms with Crippen molar-refractivity contribution >= 4 is 16.7 Å². The van der Waals surface area contributed by atoms with E-state index in [-0.39, 0.29) is 28.5 Å². The fourth-order valence-electron chi connectivity index (χ4n) is 3.05. The largest absolute Gasteiger partial charge is 0.493 e. The highest BCUT2D eigenvalue weighted by Gasteiger charge is 2.20. The van der Waals surface area contributed by atoms with E-state index in [9.17, 15) is 4.79 Å². The number of aromatic amines is 2. The average Bonchev–Trinajstić information content (AvgIpc) is 3.37. The van der Waals surface area contributed by atoms with Gasteiger partial charge in [-0.3, -0.25) is 4.79 Å². The SMILES string of the molecule is [2H]C([2H])([2H])Oc1cc(C(=O)c2c[nH]c(-c3c[nH]c4ccccc34)n2)cc(OC([2H])([2H])[2H])c1OC. The maximum Gasteiger partial charge on any atom is 0.213 e. The van der Waals surface area contributed by atoms with E-state index in [4.69, 9.17) is 22.4 Å². The van der Waals surface area contributed by atoms with Crippen LogP contribution < -0.4 is 14.2 Å². The Hall–Kier alpha value is -3.74. The van der Waals surface area contributed by atoms with Gasteiger partial charge in [0.2, 0.25) is 11.5 Å². The molecule has 2 N–H and O–H groups in total. The lowest BCUT2D eigenvalue weighted by molar-refractivity contribution is 0.103. The number of carbonyl (C=O) groups excluding carboxylic acids is 1. The average molecular weight is 383 g/mol. The van der Waals surface area contributed by atoms with E-state index >= 15 is 0 Å². The van der Waals surface area contributed by atoms with Crippen LogP contribution in [0, 0.1) is 0 Å². The second kappa shape index (κ2) is 7.11. The normalized spacial score (nSPS) is 14.9. The number of nitrogens with one attached hydrogen (secondary N) is 2. The van der Waals surface area contributed by atoms with Gasteiger partial charge in [0.15, 0.2) is 11.5 Å². The van der Waals surface area contributed by atoms with Crippen molar-refractivity contribution in [1.82, 2.24) is 15.0 Å². The quantitative estimate of drug-likeness (QED) is 0.494. The summed E-state index contributed by atoms with van der Waals surface area (Å²) in [6.45, 7) is 0. The second-order valence-electron chi connectivity index (χ2n) is 5.92. The highest BCUT2D eigenvalue weighted by molar-refractivity contribution is 6.09. The van der Waals surface area contributed by atoms with E-state index in [1.165, 1.54) is 13.3 Å². The van der Waals surface area contributed by atoms with Crippen molar-refractivity contribution in [3.05, 3.63) is 60.0 Å². The highest BCUT2D eigenvalue weighted by Crippen LogP contribution is 2.38. The minimum absolute atomic E-state index is 0.0186. The molecule has 0 bridgehead atoms. The van der Waals surface area contributed by atoms with Gasteiger partial charge in [-0.25, -0.2) is 4.98 Å². The summed E-state index contributed by atoms with van der Waals surface area (Å²) in [5.41, 5.74) is 1.57. The number of imidazole rings is 1. The van der Waals surface area contributed by atoms with Crippen LogP contribution in [0.2, 0.25) is 0 Å². The predicted molar refractivity (Wildman–Crippen MR) is 105 cm³/mol. The van der Waals surface area contributed by atoms with E-state index in [2.05, 4.69) is 15.0 Å². The third-order valence-electron chi connectivity index (χ3n) is 4.36. The summed E-state index contributed by atoms with van der Waals surface area (Å²) >= 11 is 0. The van der Waals surface area contributed by atoms with E-state index in [0.717, 1.165) is 28.6 Å². The molecule has 142 valence electrons. The first-order chi connectivity index (χ1) is 15.9. The first-order valence-electron chi connectivity index (χ1n) is 11.2. The number of methoxy groups -OCH3 is 3. The van der Waals surface area contributed by atoms with Crippen LogP contribution >= 0.6 is 0 Å². The molecule has 7 nitrogen and oxygen atoms in total. The number of carbonyl (C=O) groups is 1. The van der Waals surface area contributed by atoms with Crippen LogP contribution in [0.5, 0.6) is 17.2 Å². The van der Waals surface area contributed by atoms with Gasteiger partial charge in [-0.2, -0.15) is 0 Å². The number of fused-ring (bicyclic) bond motifs is 1. The first kappa shape index (κ1) is 11.9. The number of hydrogen-bond acceptors (Lipinski definition) is 5. The first-order valence-corrected chi connectivity index (χ1v) is 8.22.